The molecule has 0 spiro atoms. The number of methoxy groups -OCH3 is 1. The van der Waals surface area contributed by atoms with Crippen molar-refractivity contribution in [2.24, 2.45) is 4.99 Å². The van der Waals surface area contributed by atoms with Crippen molar-refractivity contribution in [1.29, 1.82) is 0 Å². The van der Waals surface area contributed by atoms with Gasteiger partial charge in [-0.05, 0) is 0 Å². The Hall–Kier alpha value is -2.10. The fraction of sp³-hybridized carbons (Fsp3) is 0.0909. The Bertz CT molecular complexity index is 449. The summed E-state index contributed by atoms with van der Waals surface area (Å²) in [6, 6.07) is 11.5. The fourth-order valence-electron chi connectivity index (χ4n) is 1.18. The van der Waals surface area contributed by atoms with Crippen LogP contribution in [0.1, 0.15) is 0 Å². The molecule has 1 heterocycles. The number of aliphatic imine (C=N–C) groups is 1. The summed E-state index contributed by atoms with van der Waals surface area (Å²) in [5.74, 6) is 0.427. The van der Waals surface area contributed by atoms with Crippen molar-refractivity contribution < 1.29 is 9.26 Å². The van der Waals surface area contributed by atoms with Crippen LogP contribution in [0.25, 0.3) is 11.3 Å². The summed E-state index contributed by atoms with van der Waals surface area (Å²) in [6.07, 6.45) is 1.30. The van der Waals surface area contributed by atoms with Crippen LogP contribution in [0.15, 0.2) is 45.9 Å². The van der Waals surface area contributed by atoms with Gasteiger partial charge in [-0.15, -0.1) is 0 Å². The van der Waals surface area contributed by atoms with Crippen LogP contribution >= 0.6 is 0 Å². The van der Waals surface area contributed by atoms with Gasteiger partial charge in [0.05, 0.1) is 7.11 Å². The summed E-state index contributed by atoms with van der Waals surface area (Å²) in [5, 5.41) is 3.90. The lowest BCUT2D eigenvalue weighted by Crippen LogP contribution is -1.73. The summed E-state index contributed by atoms with van der Waals surface area (Å²) in [7, 11) is 1.53. The van der Waals surface area contributed by atoms with Crippen LogP contribution in [0.3, 0.4) is 0 Å². The first kappa shape index (κ1) is 9.45. The molecule has 1 aromatic carbocycles. The third kappa shape index (κ3) is 2.22. The lowest BCUT2D eigenvalue weighted by atomic mass is 10.2. The number of aromatic nitrogens is 1. The van der Waals surface area contributed by atoms with Gasteiger partial charge in [-0.2, -0.15) is 4.99 Å². The summed E-state index contributed by atoms with van der Waals surface area (Å²) >= 11 is 0. The predicted molar refractivity (Wildman–Crippen MR) is 57.1 cm³/mol. The van der Waals surface area contributed by atoms with E-state index in [0.29, 0.717) is 5.88 Å². The maximum absolute atomic E-state index is 4.99. The SMILES string of the molecule is CO/C=N/c1cc(-c2ccccc2)no1. The van der Waals surface area contributed by atoms with Gasteiger partial charge in [0.2, 0.25) is 0 Å². The van der Waals surface area contributed by atoms with E-state index in [4.69, 9.17) is 4.52 Å². The van der Waals surface area contributed by atoms with Crippen molar-refractivity contribution in [3.63, 3.8) is 0 Å². The molecular formula is C11H10N2O2. The van der Waals surface area contributed by atoms with Gasteiger partial charge in [-0.3, -0.25) is 0 Å². The molecule has 0 fully saturated rings. The summed E-state index contributed by atoms with van der Waals surface area (Å²) in [4.78, 5) is 3.89. The summed E-state index contributed by atoms with van der Waals surface area (Å²) in [5.41, 5.74) is 1.76. The maximum atomic E-state index is 4.99. The standard InChI is InChI=1S/C11H10N2O2/c1-14-8-12-11-7-10(13-15-11)9-5-3-2-4-6-9/h2-8H,1H3/b12-8+. The Balaban J connectivity index is 2.24. The number of hydrogen-bond acceptors (Lipinski definition) is 4. The normalized spacial score (nSPS) is 10.7. The second-order valence-electron chi connectivity index (χ2n) is 2.89. The van der Waals surface area contributed by atoms with Crippen LogP contribution in [0.2, 0.25) is 0 Å². The largest absolute Gasteiger partial charge is 0.486 e. The minimum absolute atomic E-state index is 0.427. The number of ether oxygens (including phenoxy) is 1. The van der Waals surface area contributed by atoms with E-state index in [9.17, 15) is 0 Å². The van der Waals surface area contributed by atoms with E-state index in [1.807, 2.05) is 30.3 Å². The lowest BCUT2D eigenvalue weighted by molar-refractivity contribution is 0.411. The van der Waals surface area contributed by atoms with Gasteiger partial charge >= 0.3 is 0 Å². The second-order valence-corrected chi connectivity index (χ2v) is 2.89. The molecule has 0 saturated carbocycles. The molecule has 2 aromatic rings. The van der Waals surface area contributed by atoms with Gasteiger partial charge in [-0.1, -0.05) is 35.5 Å². The smallest absolute Gasteiger partial charge is 0.253 e. The van der Waals surface area contributed by atoms with Crippen LogP contribution in [-0.2, 0) is 4.74 Å². The minimum Gasteiger partial charge on any atom is -0.486 e. The van der Waals surface area contributed by atoms with E-state index in [2.05, 4.69) is 14.9 Å². The van der Waals surface area contributed by atoms with Gasteiger partial charge in [0.25, 0.3) is 5.88 Å². The fourth-order valence-corrected chi connectivity index (χ4v) is 1.18. The molecule has 4 heteroatoms. The van der Waals surface area contributed by atoms with E-state index < -0.39 is 0 Å². The molecule has 0 aliphatic heterocycles. The molecule has 0 bridgehead atoms. The average molecular weight is 202 g/mol. The quantitative estimate of drug-likeness (QED) is 0.567. The van der Waals surface area contributed by atoms with E-state index in [0.717, 1.165) is 11.3 Å². The second kappa shape index (κ2) is 4.41. The predicted octanol–water partition coefficient (Wildman–Crippen LogP) is 2.65. The molecule has 0 N–H and O–H groups in total. The molecular weight excluding hydrogens is 192 g/mol. The highest BCUT2D eigenvalue weighted by molar-refractivity contribution is 5.62. The first-order valence-corrected chi connectivity index (χ1v) is 4.47. The van der Waals surface area contributed by atoms with E-state index in [-0.39, 0.29) is 0 Å². The van der Waals surface area contributed by atoms with Gasteiger partial charge in [0.15, 0.2) is 6.40 Å². The van der Waals surface area contributed by atoms with Crippen molar-refractivity contribution in [2.45, 2.75) is 0 Å². The maximum Gasteiger partial charge on any atom is 0.253 e. The molecule has 0 atom stereocenters. The zero-order valence-electron chi connectivity index (χ0n) is 8.25. The molecule has 0 aliphatic carbocycles. The molecule has 0 radical (unpaired) electrons. The molecule has 2 rings (SSSR count). The van der Waals surface area contributed by atoms with Crippen molar-refractivity contribution >= 4 is 12.3 Å². The molecule has 0 aliphatic rings. The highest BCUT2D eigenvalue weighted by atomic mass is 16.5. The summed E-state index contributed by atoms with van der Waals surface area (Å²) in [6.45, 7) is 0. The zero-order valence-corrected chi connectivity index (χ0v) is 8.25. The summed E-state index contributed by atoms with van der Waals surface area (Å²) < 4.78 is 9.67. The molecule has 15 heavy (non-hydrogen) atoms. The van der Waals surface area contributed by atoms with Crippen molar-refractivity contribution in [2.75, 3.05) is 7.11 Å². The van der Waals surface area contributed by atoms with E-state index in [1.165, 1.54) is 13.5 Å². The number of rotatable bonds is 3. The molecule has 4 nitrogen and oxygen atoms in total. The molecule has 0 saturated heterocycles. The number of hydrogen-bond donors (Lipinski definition) is 0. The van der Waals surface area contributed by atoms with Gasteiger partial charge in [0.1, 0.15) is 5.69 Å². The molecule has 0 amide bonds. The molecule has 76 valence electrons. The Morgan fingerprint density at radius 2 is 2.13 bits per heavy atom. The Morgan fingerprint density at radius 1 is 1.33 bits per heavy atom. The monoisotopic (exact) mass is 202 g/mol. The first-order valence-electron chi connectivity index (χ1n) is 4.47. The van der Waals surface area contributed by atoms with E-state index >= 15 is 0 Å². The highest BCUT2D eigenvalue weighted by Gasteiger charge is 2.03. The Labute approximate surface area is 87.2 Å². The first-order chi connectivity index (χ1) is 7.40. The third-order valence-electron chi connectivity index (χ3n) is 1.85. The van der Waals surface area contributed by atoms with Crippen LogP contribution < -0.4 is 0 Å². The topological polar surface area (TPSA) is 47.6 Å². The Morgan fingerprint density at radius 3 is 2.87 bits per heavy atom. The number of benzene rings is 1. The van der Waals surface area contributed by atoms with Crippen molar-refractivity contribution in [1.82, 2.24) is 5.16 Å². The lowest BCUT2D eigenvalue weighted by Gasteiger charge is -1.90. The van der Waals surface area contributed by atoms with Crippen LogP contribution in [0.5, 0.6) is 0 Å². The average Bonchev–Trinajstić information content (AvgIpc) is 2.76. The van der Waals surface area contributed by atoms with Crippen molar-refractivity contribution in [3.8, 4) is 11.3 Å². The van der Waals surface area contributed by atoms with Crippen LogP contribution in [0, 0.1) is 0 Å². The van der Waals surface area contributed by atoms with Gasteiger partial charge < -0.3 is 9.26 Å². The van der Waals surface area contributed by atoms with Crippen molar-refractivity contribution in [3.05, 3.63) is 36.4 Å². The third-order valence-corrected chi connectivity index (χ3v) is 1.85. The molecule has 1 aromatic heterocycles. The zero-order chi connectivity index (χ0) is 10.5. The van der Waals surface area contributed by atoms with Crippen LogP contribution in [-0.4, -0.2) is 18.7 Å². The van der Waals surface area contributed by atoms with Crippen LogP contribution in [0.4, 0.5) is 5.88 Å². The molecule has 0 unspecified atom stereocenters. The van der Waals surface area contributed by atoms with Gasteiger partial charge in [-0.25, -0.2) is 0 Å². The minimum atomic E-state index is 0.427. The Kier molecular flexibility index (Phi) is 2.78. The highest BCUT2D eigenvalue weighted by Crippen LogP contribution is 2.22. The number of nitrogens with zero attached hydrogens (tertiary/aromatic N) is 2. The van der Waals surface area contributed by atoms with E-state index in [1.54, 1.807) is 6.07 Å². The van der Waals surface area contributed by atoms with Gasteiger partial charge in [0, 0.05) is 11.6 Å².